The molecule has 30 heavy (non-hydrogen) atoms. The van der Waals surface area contributed by atoms with Crippen molar-refractivity contribution in [2.45, 2.75) is 19.5 Å². The molecular weight excluding hydrogens is 394 g/mol. The van der Waals surface area contributed by atoms with Crippen LogP contribution in [-0.4, -0.2) is 15.5 Å². The molecule has 0 aliphatic carbocycles. The van der Waals surface area contributed by atoms with Gasteiger partial charge in [0.25, 0.3) is 0 Å². The summed E-state index contributed by atoms with van der Waals surface area (Å²) in [6, 6.07) is 25.3. The van der Waals surface area contributed by atoms with Crippen LogP contribution in [0.2, 0.25) is 5.02 Å². The van der Waals surface area contributed by atoms with Gasteiger partial charge < -0.3 is 9.88 Å². The number of fused-ring (bicyclic) bond motifs is 1. The number of carbonyl (C=O) groups excluding carboxylic acids is 1. The third-order valence-electron chi connectivity index (χ3n) is 4.89. The van der Waals surface area contributed by atoms with Gasteiger partial charge in [0.2, 0.25) is 5.91 Å². The Labute approximate surface area is 180 Å². The van der Waals surface area contributed by atoms with Crippen LogP contribution in [0.1, 0.15) is 29.9 Å². The first kappa shape index (κ1) is 19.9. The van der Waals surface area contributed by atoms with E-state index < -0.39 is 0 Å². The summed E-state index contributed by atoms with van der Waals surface area (Å²) in [6.07, 6.45) is 3.35. The summed E-state index contributed by atoms with van der Waals surface area (Å²) in [4.78, 5) is 17.3. The molecule has 0 fully saturated rings. The lowest BCUT2D eigenvalue weighted by Gasteiger charge is -2.16. The molecule has 1 unspecified atom stereocenters. The summed E-state index contributed by atoms with van der Waals surface area (Å²) < 4.78 is 2.13. The highest BCUT2D eigenvalue weighted by Gasteiger charge is 2.18. The molecule has 0 saturated heterocycles. The smallest absolute Gasteiger partial charge is 0.244 e. The molecule has 4 nitrogen and oxygen atoms in total. The molecule has 1 heterocycles. The van der Waals surface area contributed by atoms with Gasteiger partial charge in [-0.2, -0.15) is 0 Å². The highest BCUT2D eigenvalue weighted by atomic mass is 35.5. The third-order valence-corrected chi connectivity index (χ3v) is 5.12. The van der Waals surface area contributed by atoms with Crippen LogP contribution in [-0.2, 0) is 11.3 Å². The topological polar surface area (TPSA) is 46.9 Å². The SMILES string of the molecule is CC(NC(=O)/C=C/c1ccccc1)c1nc2ccccc2n1Cc1cccc(Cl)c1. The van der Waals surface area contributed by atoms with Gasteiger partial charge >= 0.3 is 0 Å². The maximum atomic E-state index is 12.5. The van der Waals surface area contributed by atoms with Crippen LogP contribution >= 0.6 is 11.6 Å². The minimum Gasteiger partial charge on any atom is -0.343 e. The second-order valence-electron chi connectivity index (χ2n) is 7.15. The van der Waals surface area contributed by atoms with Crippen LogP contribution < -0.4 is 5.32 Å². The Kier molecular flexibility index (Phi) is 5.96. The number of amides is 1. The zero-order valence-electron chi connectivity index (χ0n) is 16.6. The molecule has 0 radical (unpaired) electrons. The maximum absolute atomic E-state index is 12.5. The number of rotatable bonds is 6. The molecule has 0 aliphatic heterocycles. The van der Waals surface area contributed by atoms with E-state index in [0.717, 1.165) is 28.0 Å². The van der Waals surface area contributed by atoms with Crippen molar-refractivity contribution in [2.24, 2.45) is 0 Å². The van der Waals surface area contributed by atoms with E-state index in [2.05, 4.69) is 9.88 Å². The molecule has 4 aromatic rings. The third kappa shape index (κ3) is 4.61. The van der Waals surface area contributed by atoms with Crippen molar-refractivity contribution >= 4 is 34.6 Å². The van der Waals surface area contributed by atoms with Crippen molar-refractivity contribution in [2.75, 3.05) is 0 Å². The van der Waals surface area contributed by atoms with Crippen LogP contribution in [0.25, 0.3) is 17.1 Å². The Morgan fingerprint density at radius 1 is 1.07 bits per heavy atom. The van der Waals surface area contributed by atoms with Gasteiger partial charge in [-0.05, 0) is 48.4 Å². The lowest BCUT2D eigenvalue weighted by atomic mass is 10.2. The van der Waals surface area contributed by atoms with Crippen molar-refractivity contribution in [1.29, 1.82) is 0 Å². The zero-order valence-corrected chi connectivity index (χ0v) is 17.4. The molecule has 0 saturated carbocycles. The predicted molar refractivity (Wildman–Crippen MR) is 122 cm³/mol. The van der Waals surface area contributed by atoms with E-state index in [4.69, 9.17) is 16.6 Å². The van der Waals surface area contributed by atoms with Crippen LogP contribution in [0.15, 0.2) is 84.9 Å². The van der Waals surface area contributed by atoms with Gasteiger partial charge in [-0.15, -0.1) is 0 Å². The summed E-state index contributed by atoms with van der Waals surface area (Å²) >= 11 is 6.17. The Balaban J connectivity index is 1.59. The molecule has 1 aromatic heterocycles. The monoisotopic (exact) mass is 415 g/mol. The lowest BCUT2D eigenvalue weighted by molar-refractivity contribution is -0.117. The quantitative estimate of drug-likeness (QED) is 0.415. The van der Waals surface area contributed by atoms with Gasteiger partial charge in [-0.1, -0.05) is 66.2 Å². The average Bonchev–Trinajstić information content (AvgIpc) is 3.12. The number of nitrogens with zero attached hydrogens (tertiary/aromatic N) is 2. The van der Waals surface area contributed by atoms with Gasteiger partial charge in [0.1, 0.15) is 5.82 Å². The Morgan fingerprint density at radius 2 is 1.83 bits per heavy atom. The van der Waals surface area contributed by atoms with E-state index in [1.807, 2.05) is 85.8 Å². The fraction of sp³-hybridized carbons (Fsp3) is 0.120. The summed E-state index contributed by atoms with van der Waals surface area (Å²) in [5, 5.41) is 3.73. The first-order valence-corrected chi connectivity index (χ1v) is 10.2. The summed E-state index contributed by atoms with van der Waals surface area (Å²) in [5.41, 5.74) is 3.98. The molecule has 150 valence electrons. The van der Waals surface area contributed by atoms with Gasteiger partial charge in [-0.3, -0.25) is 4.79 Å². The minimum absolute atomic E-state index is 0.160. The molecule has 0 spiro atoms. The second-order valence-corrected chi connectivity index (χ2v) is 7.59. The summed E-state index contributed by atoms with van der Waals surface area (Å²) in [5.74, 6) is 0.644. The number of carbonyl (C=O) groups is 1. The van der Waals surface area contributed by atoms with E-state index in [9.17, 15) is 4.79 Å². The van der Waals surface area contributed by atoms with Crippen molar-refractivity contribution < 1.29 is 4.79 Å². The zero-order chi connectivity index (χ0) is 20.9. The second kappa shape index (κ2) is 8.97. The number of hydrogen-bond donors (Lipinski definition) is 1. The summed E-state index contributed by atoms with van der Waals surface area (Å²) in [7, 11) is 0. The number of halogens is 1. The maximum Gasteiger partial charge on any atom is 0.244 e. The highest BCUT2D eigenvalue weighted by Crippen LogP contribution is 2.23. The standard InChI is InChI=1S/C25H22ClN3O/c1-18(27-24(30)15-14-19-8-3-2-4-9-19)25-28-22-12-5-6-13-23(22)29(25)17-20-10-7-11-21(26)16-20/h2-16,18H,17H2,1H3,(H,27,30)/b15-14+. The number of aromatic nitrogens is 2. The number of benzene rings is 3. The molecule has 5 heteroatoms. The lowest BCUT2D eigenvalue weighted by Crippen LogP contribution is -2.27. The van der Waals surface area contributed by atoms with Crippen molar-refractivity contribution in [1.82, 2.24) is 14.9 Å². The number of nitrogens with one attached hydrogen (secondary N) is 1. The first-order valence-electron chi connectivity index (χ1n) is 9.83. The Hall–Kier alpha value is -3.37. The summed E-state index contributed by atoms with van der Waals surface area (Å²) in [6.45, 7) is 2.57. The van der Waals surface area contributed by atoms with E-state index in [-0.39, 0.29) is 11.9 Å². The normalized spacial score (nSPS) is 12.3. The van der Waals surface area contributed by atoms with Gasteiger partial charge in [0.05, 0.1) is 17.1 Å². The molecule has 0 aliphatic rings. The van der Waals surface area contributed by atoms with E-state index in [1.54, 1.807) is 12.2 Å². The Bertz CT molecular complexity index is 1200. The predicted octanol–water partition coefficient (Wildman–Crippen LogP) is 5.63. The van der Waals surface area contributed by atoms with Crippen LogP contribution in [0, 0.1) is 0 Å². The average molecular weight is 416 g/mol. The molecule has 1 atom stereocenters. The molecule has 4 rings (SSSR count). The fourth-order valence-corrected chi connectivity index (χ4v) is 3.68. The molecule has 3 aromatic carbocycles. The molecule has 1 N–H and O–H groups in total. The van der Waals surface area contributed by atoms with E-state index >= 15 is 0 Å². The minimum atomic E-state index is -0.260. The van der Waals surface area contributed by atoms with Crippen LogP contribution in [0.5, 0.6) is 0 Å². The van der Waals surface area contributed by atoms with Gasteiger partial charge in [0.15, 0.2) is 0 Å². The highest BCUT2D eigenvalue weighted by molar-refractivity contribution is 6.30. The van der Waals surface area contributed by atoms with Gasteiger partial charge in [0, 0.05) is 17.6 Å². The van der Waals surface area contributed by atoms with Crippen LogP contribution in [0.4, 0.5) is 0 Å². The molecular formula is C25H22ClN3O. The van der Waals surface area contributed by atoms with E-state index in [0.29, 0.717) is 11.6 Å². The largest absolute Gasteiger partial charge is 0.343 e. The van der Waals surface area contributed by atoms with E-state index in [1.165, 1.54) is 0 Å². The fourth-order valence-electron chi connectivity index (χ4n) is 3.47. The van der Waals surface area contributed by atoms with Crippen molar-refractivity contribution in [3.05, 3.63) is 107 Å². The Morgan fingerprint density at radius 3 is 2.63 bits per heavy atom. The number of hydrogen-bond acceptors (Lipinski definition) is 2. The number of para-hydroxylation sites is 2. The van der Waals surface area contributed by atoms with Crippen molar-refractivity contribution in [3.63, 3.8) is 0 Å². The van der Waals surface area contributed by atoms with Crippen LogP contribution in [0.3, 0.4) is 0 Å². The molecule has 0 bridgehead atoms. The first-order chi connectivity index (χ1) is 14.6. The van der Waals surface area contributed by atoms with Gasteiger partial charge in [-0.25, -0.2) is 4.98 Å². The number of imidazole rings is 1. The van der Waals surface area contributed by atoms with Crippen molar-refractivity contribution in [3.8, 4) is 0 Å². The molecule has 1 amide bonds.